The van der Waals surface area contributed by atoms with Crippen molar-refractivity contribution < 1.29 is 9.53 Å². The summed E-state index contributed by atoms with van der Waals surface area (Å²) in [6.07, 6.45) is 3.22. The highest BCUT2D eigenvalue weighted by Crippen LogP contribution is 2.31. The molecule has 1 aromatic heterocycles. The molecule has 2 heterocycles. The molecule has 2 unspecified atom stereocenters. The van der Waals surface area contributed by atoms with Crippen LogP contribution in [0.5, 0.6) is 5.75 Å². The van der Waals surface area contributed by atoms with Gasteiger partial charge in [-0.1, -0.05) is 18.6 Å². The van der Waals surface area contributed by atoms with Crippen LogP contribution in [0.1, 0.15) is 51.9 Å². The van der Waals surface area contributed by atoms with Gasteiger partial charge in [0.25, 0.3) is 5.56 Å². The van der Waals surface area contributed by atoms with Crippen LogP contribution in [-0.4, -0.2) is 57.5 Å². The minimum absolute atomic E-state index is 0.0755. The molecule has 2 aliphatic rings. The highest BCUT2D eigenvalue weighted by molar-refractivity contribution is 5.80. The summed E-state index contributed by atoms with van der Waals surface area (Å²) in [7, 11) is 0. The number of hydrogen-bond donors (Lipinski definition) is 0. The summed E-state index contributed by atoms with van der Waals surface area (Å²) in [5, 5.41) is 0.599. The Bertz CT molecular complexity index is 1270. The number of carbonyl (C=O) groups excluding carboxylic acids is 1. The monoisotopic (exact) mass is 474 g/mol. The van der Waals surface area contributed by atoms with Crippen LogP contribution in [0.2, 0.25) is 0 Å². The third-order valence-corrected chi connectivity index (χ3v) is 7.53. The second kappa shape index (κ2) is 9.82. The number of ether oxygens (including phenoxy) is 1. The number of benzene rings is 2. The topological polar surface area (TPSA) is 67.7 Å². The molecule has 1 aliphatic heterocycles. The molecule has 7 heteroatoms. The van der Waals surface area contributed by atoms with Crippen LogP contribution in [0.3, 0.4) is 0 Å². The molecule has 35 heavy (non-hydrogen) atoms. The van der Waals surface area contributed by atoms with Gasteiger partial charge in [-0.05, 0) is 70.0 Å². The van der Waals surface area contributed by atoms with E-state index >= 15 is 0 Å². The van der Waals surface area contributed by atoms with Gasteiger partial charge >= 0.3 is 0 Å². The Labute approximate surface area is 206 Å². The van der Waals surface area contributed by atoms with Crippen LogP contribution in [0.4, 0.5) is 0 Å². The molecule has 2 atom stereocenters. The zero-order valence-corrected chi connectivity index (χ0v) is 20.8. The zero-order chi connectivity index (χ0) is 24.5. The summed E-state index contributed by atoms with van der Waals surface area (Å²) in [5.41, 5.74) is 1.40. The number of aromatic nitrogens is 2. The van der Waals surface area contributed by atoms with E-state index in [-0.39, 0.29) is 23.6 Å². The Morgan fingerprint density at radius 3 is 2.51 bits per heavy atom. The zero-order valence-electron chi connectivity index (χ0n) is 20.8. The van der Waals surface area contributed by atoms with Crippen LogP contribution in [-0.2, 0) is 4.79 Å². The fraction of sp³-hybridized carbons (Fsp3) is 0.464. The Balaban J connectivity index is 1.48. The first-order valence-electron chi connectivity index (χ1n) is 12.8. The molecule has 1 aliphatic carbocycles. The summed E-state index contributed by atoms with van der Waals surface area (Å²) in [6, 6.07) is 15.2. The maximum absolute atomic E-state index is 13.7. The number of amides is 1. The van der Waals surface area contributed by atoms with Crippen molar-refractivity contribution in [1.82, 2.24) is 19.4 Å². The van der Waals surface area contributed by atoms with Crippen molar-refractivity contribution in [3.63, 3.8) is 0 Å². The van der Waals surface area contributed by atoms with Crippen LogP contribution in [0.25, 0.3) is 16.6 Å². The Hall–Kier alpha value is -3.19. The van der Waals surface area contributed by atoms with Crippen molar-refractivity contribution in [2.24, 2.45) is 5.92 Å². The number of nitrogens with zero attached hydrogens (tertiary/aromatic N) is 4. The number of rotatable bonds is 6. The number of para-hydroxylation sites is 1. The third-order valence-electron chi connectivity index (χ3n) is 7.53. The van der Waals surface area contributed by atoms with E-state index in [1.165, 1.54) is 6.42 Å². The molecule has 184 valence electrons. The van der Waals surface area contributed by atoms with Crippen molar-refractivity contribution in [2.45, 2.75) is 52.1 Å². The first-order valence-corrected chi connectivity index (χ1v) is 12.8. The van der Waals surface area contributed by atoms with E-state index in [9.17, 15) is 9.59 Å². The summed E-state index contributed by atoms with van der Waals surface area (Å²) >= 11 is 0. The fourth-order valence-electron chi connectivity index (χ4n) is 5.26. The summed E-state index contributed by atoms with van der Waals surface area (Å²) in [6.45, 7) is 9.00. The lowest BCUT2D eigenvalue weighted by atomic mass is 9.84. The molecule has 1 amide bonds. The summed E-state index contributed by atoms with van der Waals surface area (Å²) in [4.78, 5) is 36.0. The third kappa shape index (κ3) is 4.45. The van der Waals surface area contributed by atoms with Gasteiger partial charge in [0.2, 0.25) is 5.91 Å². The molecule has 1 saturated heterocycles. The van der Waals surface area contributed by atoms with Gasteiger partial charge in [0, 0.05) is 31.6 Å². The second-order valence-electron chi connectivity index (χ2n) is 9.73. The highest BCUT2D eigenvalue weighted by Gasteiger charge is 2.36. The van der Waals surface area contributed by atoms with Gasteiger partial charge in [-0.15, -0.1) is 0 Å². The molecular weight excluding hydrogens is 440 g/mol. The Kier molecular flexibility index (Phi) is 6.60. The molecule has 1 saturated carbocycles. The van der Waals surface area contributed by atoms with Crippen molar-refractivity contribution in [3.05, 3.63) is 64.7 Å². The second-order valence-corrected chi connectivity index (χ2v) is 9.73. The first-order chi connectivity index (χ1) is 17.0. The largest absolute Gasteiger partial charge is 0.494 e. The van der Waals surface area contributed by atoms with Gasteiger partial charge in [0.15, 0.2) is 0 Å². The predicted octanol–water partition coefficient (Wildman–Crippen LogP) is 4.18. The average molecular weight is 475 g/mol. The molecule has 0 radical (unpaired) electrons. The molecule has 5 rings (SSSR count). The Morgan fingerprint density at radius 1 is 1.11 bits per heavy atom. The maximum atomic E-state index is 13.7. The smallest absolute Gasteiger partial charge is 0.266 e. The van der Waals surface area contributed by atoms with Crippen molar-refractivity contribution in [3.8, 4) is 11.4 Å². The van der Waals surface area contributed by atoms with Gasteiger partial charge in [-0.3, -0.25) is 19.1 Å². The van der Waals surface area contributed by atoms with E-state index in [2.05, 4.69) is 23.6 Å². The molecule has 3 aromatic rings. The quantitative estimate of drug-likeness (QED) is 0.536. The molecule has 0 spiro atoms. The molecule has 0 bridgehead atoms. The van der Waals surface area contributed by atoms with Gasteiger partial charge in [0.1, 0.15) is 11.6 Å². The fourth-order valence-corrected chi connectivity index (χ4v) is 5.26. The minimum Gasteiger partial charge on any atom is -0.494 e. The van der Waals surface area contributed by atoms with Crippen LogP contribution >= 0.6 is 0 Å². The van der Waals surface area contributed by atoms with Crippen LogP contribution < -0.4 is 10.3 Å². The van der Waals surface area contributed by atoms with E-state index in [1.54, 1.807) is 4.57 Å². The van der Waals surface area contributed by atoms with Crippen molar-refractivity contribution in [1.29, 1.82) is 0 Å². The molecular formula is C28H34N4O3. The molecule has 7 nitrogen and oxygen atoms in total. The molecule has 0 N–H and O–H groups in total. The van der Waals surface area contributed by atoms with Gasteiger partial charge in [-0.25, -0.2) is 4.98 Å². The normalized spacial score (nSPS) is 20.0. The van der Waals surface area contributed by atoms with Gasteiger partial charge in [0.05, 0.1) is 29.2 Å². The number of carbonyl (C=O) groups is 1. The average Bonchev–Trinajstić information content (AvgIpc) is 2.83. The van der Waals surface area contributed by atoms with E-state index < -0.39 is 0 Å². The lowest BCUT2D eigenvalue weighted by molar-refractivity contribution is -0.143. The van der Waals surface area contributed by atoms with Crippen LogP contribution in [0.15, 0.2) is 53.3 Å². The number of piperazine rings is 1. The van der Waals surface area contributed by atoms with Gasteiger partial charge in [-0.2, -0.15) is 0 Å². The molecule has 2 aromatic carbocycles. The number of hydrogen-bond acceptors (Lipinski definition) is 5. The van der Waals surface area contributed by atoms with E-state index in [0.717, 1.165) is 37.4 Å². The maximum Gasteiger partial charge on any atom is 0.266 e. The van der Waals surface area contributed by atoms with Crippen molar-refractivity contribution >= 4 is 16.8 Å². The summed E-state index contributed by atoms with van der Waals surface area (Å²) < 4.78 is 7.33. The van der Waals surface area contributed by atoms with E-state index in [0.29, 0.717) is 35.8 Å². The number of fused-ring (bicyclic) bond motifs is 1. The molecule has 2 fully saturated rings. The SMILES string of the molecule is CCOc1ccc(-n2c(C(C)N3CCN(C(=O)C4CCC4)C(C)C3)nc3ccccc3c2=O)cc1. The van der Waals surface area contributed by atoms with E-state index in [4.69, 9.17) is 9.72 Å². The first kappa shape index (κ1) is 23.5. The lowest BCUT2D eigenvalue weighted by Gasteiger charge is -2.44. The predicted molar refractivity (Wildman–Crippen MR) is 137 cm³/mol. The Morgan fingerprint density at radius 2 is 1.86 bits per heavy atom. The lowest BCUT2D eigenvalue weighted by Crippen LogP contribution is -2.56. The highest BCUT2D eigenvalue weighted by atomic mass is 16.5. The standard InChI is InChI=1S/C28H34N4O3/c1-4-35-23-14-12-22(13-15-23)32-26(29-25-11-6-5-10-24(25)28(32)34)20(3)30-16-17-31(19(2)18-30)27(33)21-8-7-9-21/h5-6,10-15,19-21H,4,7-9,16-18H2,1-3H3. The van der Waals surface area contributed by atoms with E-state index in [1.807, 2.05) is 55.5 Å². The minimum atomic E-state index is -0.0951. The van der Waals surface area contributed by atoms with Gasteiger partial charge < -0.3 is 9.64 Å². The van der Waals surface area contributed by atoms with Crippen LogP contribution in [0, 0.1) is 5.92 Å². The summed E-state index contributed by atoms with van der Waals surface area (Å²) in [5.74, 6) is 2.01. The van der Waals surface area contributed by atoms with Crippen molar-refractivity contribution in [2.75, 3.05) is 26.2 Å².